The number of nitrogens with two attached hydrogens (primary N) is 1. The van der Waals surface area contributed by atoms with E-state index in [0.717, 1.165) is 29.0 Å². The molecule has 0 spiro atoms. The van der Waals surface area contributed by atoms with Gasteiger partial charge in [-0.3, -0.25) is 4.98 Å². The number of rotatable bonds is 4. The van der Waals surface area contributed by atoms with Crippen LogP contribution in [0, 0.1) is 13.8 Å². The number of pyridine rings is 2. The van der Waals surface area contributed by atoms with Crippen LogP contribution in [-0.4, -0.2) is 16.5 Å². The molecule has 18 heavy (non-hydrogen) atoms. The molecule has 0 unspecified atom stereocenters. The fourth-order valence-corrected chi connectivity index (χ4v) is 1.71. The Hall–Kier alpha value is -1.94. The Balaban J connectivity index is 2.22. The average Bonchev–Trinajstić information content (AvgIpc) is 2.35. The number of hydrogen-bond donors (Lipinski definition) is 1. The Morgan fingerprint density at radius 3 is 2.78 bits per heavy atom. The highest BCUT2D eigenvalue weighted by Crippen LogP contribution is 2.24. The van der Waals surface area contributed by atoms with Crippen LogP contribution in [0.15, 0.2) is 30.6 Å². The van der Waals surface area contributed by atoms with E-state index in [2.05, 4.69) is 16.0 Å². The lowest BCUT2D eigenvalue weighted by Crippen LogP contribution is -2.04. The van der Waals surface area contributed by atoms with Crippen LogP contribution >= 0.6 is 0 Å². The first-order valence-corrected chi connectivity index (χ1v) is 5.96. The van der Waals surface area contributed by atoms with E-state index >= 15 is 0 Å². The first-order valence-electron chi connectivity index (χ1n) is 5.96. The molecule has 0 saturated carbocycles. The van der Waals surface area contributed by atoms with Gasteiger partial charge in [0.1, 0.15) is 0 Å². The Morgan fingerprint density at radius 1 is 1.28 bits per heavy atom. The molecule has 4 heteroatoms. The average molecular weight is 243 g/mol. The summed E-state index contributed by atoms with van der Waals surface area (Å²) < 4.78 is 5.77. The van der Waals surface area contributed by atoms with Gasteiger partial charge < -0.3 is 10.5 Å². The predicted molar refractivity (Wildman–Crippen MR) is 70.8 cm³/mol. The second kappa shape index (κ2) is 5.60. The van der Waals surface area contributed by atoms with Crippen molar-refractivity contribution in [2.24, 2.45) is 5.73 Å². The number of aromatic nitrogens is 2. The molecule has 0 aliphatic carbocycles. The topological polar surface area (TPSA) is 61.0 Å². The van der Waals surface area contributed by atoms with E-state index in [1.807, 2.05) is 26.0 Å². The normalized spacial score (nSPS) is 10.4. The van der Waals surface area contributed by atoms with Gasteiger partial charge in [-0.2, -0.15) is 0 Å². The van der Waals surface area contributed by atoms with Crippen molar-refractivity contribution in [3.8, 4) is 11.6 Å². The molecule has 2 aromatic heterocycles. The summed E-state index contributed by atoms with van der Waals surface area (Å²) in [6.45, 7) is 4.52. The van der Waals surface area contributed by atoms with E-state index in [0.29, 0.717) is 12.4 Å². The van der Waals surface area contributed by atoms with Crippen LogP contribution in [0.4, 0.5) is 0 Å². The van der Waals surface area contributed by atoms with Crippen LogP contribution in [0.3, 0.4) is 0 Å². The molecule has 0 saturated heterocycles. The molecular weight excluding hydrogens is 226 g/mol. The molecule has 0 aliphatic rings. The molecule has 2 heterocycles. The van der Waals surface area contributed by atoms with Gasteiger partial charge in [-0.05, 0) is 50.6 Å². The molecule has 0 aromatic carbocycles. The first-order chi connectivity index (χ1) is 8.70. The summed E-state index contributed by atoms with van der Waals surface area (Å²) >= 11 is 0. The van der Waals surface area contributed by atoms with Crippen molar-refractivity contribution < 1.29 is 4.74 Å². The number of nitrogens with zero attached hydrogens (tertiary/aromatic N) is 2. The van der Waals surface area contributed by atoms with E-state index in [-0.39, 0.29) is 0 Å². The maximum absolute atomic E-state index is 5.77. The molecule has 4 nitrogen and oxygen atoms in total. The van der Waals surface area contributed by atoms with Crippen LogP contribution in [0.25, 0.3) is 0 Å². The zero-order chi connectivity index (χ0) is 13.0. The fourth-order valence-electron chi connectivity index (χ4n) is 1.71. The minimum atomic E-state index is 0.617. The van der Waals surface area contributed by atoms with Gasteiger partial charge in [-0.15, -0.1) is 0 Å². The van der Waals surface area contributed by atoms with Gasteiger partial charge in [0.15, 0.2) is 5.75 Å². The minimum absolute atomic E-state index is 0.617. The van der Waals surface area contributed by atoms with Gasteiger partial charge in [0.2, 0.25) is 5.88 Å². The van der Waals surface area contributed by atoms with Crippen molar-refractivity contribution >= 4 is 0 Å². The molecule has 0 aliphatic heterocycles. The predicted octanol–water partition coefficient (Wildman–Crippen LogP) is 2.39. The van der Waals surface area contributed by atoms with Crippen LogP contribution < -0.4 is 10.5 Å². The molecule has 0 bridgehead atoms. The highest BCUT2D eigenvalue weighted by molar-refractivity contribution is 5.35. The standard InChI is InChI=1S/C14H17N3O/c1-10-8-12(5-6-15)9-17-14(10)18-13-4-3-7-16-11(13)2/h3-4,7-9H,5-6,15H2,1-2H3. The lowest BCUT2D eigenvalue weighted by Gasteiger charge is -2.10. The maximum atomic E-state index is 5.77. The summed E-state index contributed by atoms with van der Waals surface area (Å²) in [4.78, 5) is 8.51. The summed E-state index contributed by atoms with van der Waals surface area (Å²) in [5, 5.41) is 0. The molecule has 0 atom stereocenters. The summed E-state index contributed by atoms with van der Waals surface area (Å²) in [6, 6.07) is 5.79. The SMILES string of the molecule is Cc1cc(CCN)cnc1Oc1cccnc1C. The summed E-state index contributed by atoms with van der Waals surface area (Å²) in [7, 11) is 0. The second-order valence-corrected chi connectivity index (χ2v) is 4.19. The van der Waals surface area contributed by atoms with Crippen LogP contribution in [0.2, 0.25) is 0 Å². The van der Waals surface area contributed by atoms with Gasteiger partial charge >= 0.3 is 0 Å². The van der Waals surface area contributed by atoms with Gasteiger partial charge in [0.25, 0.3) is 0 Å². The second-order valence-electron chi connectivity index (χ2n) is 4.19. The number of aryl methyl sites for hydroxylation is 2. The van der Waals surface area contributed by atoms with E-state index in [4.69, 9.17) is 10.5 Å². The van der Waals surface area contributed by atoms with Crippen LogP contribution in [-0.2, 0) is 6.42 Å². The van der Waals surface area contributed by atoms with Crippen molar-refractivity contribution in [3.05, 3.63) is 47.4 Å². The lowest BCUT2D eigenvalue weighted by molar-refractivity contribution is 0.452. The third kappa shape index (κ3) is 2.84. The fraction of sp³-hybridized carbons (Fsp3) is 0.286. The number of hydrogen-bond acceptors (Lipinski definition) is 4. The van der Waals surface area contributed by atoms with Crippen LogP contribution in [0.1, 0.15) is 16.8 Å². The quantitative estimate of drug-likeness (QED) is 0.895. The largest absolute Gasteiger partial charge is 0.437 e. The zero-order valence-corrected chi connectivity index (χ0v) is 10.7. The molecule has 2 rings (SSSR count). The van der Waals surface area contributed by atoms with Crippen molar-refractivity contribution in [2.45, 2.75) is 20.3 Å². The smallest absolute Gasteiger partial charge is 0.222 e. The highest BCUT2D eigenvalue weighted by Gasteiger charge is 2.06. The van der Waals surface area contributed by atoms with Gasteiger partial charge in [0.05, 0.1) is 5.69 Å². The van der Waals surface area contributed by atoms with Crippen LogP contribution in [0.5, 0.6) is 11.6 Å². The molecule has 2 aromatic rings. The van der Waals surface area contributed by atoms with E-state index in [1.165, 1.54) is 0 Å². The molecule has 0 radical (unpaired) electrons. The highest BCUT2D eigenvalue weighted by atomic mass is 16.5. The van der Waals surface area contributed by atoms with Crippen molar-refractivity contribution in [2.75, 3.05) is 6.54 Å². The first kappa shape index (κ1) is 12.5. The van der Waals surface area contributed by atoms with E-state index < -0.39 is 0 Å². The molecule has 2 N–H and O–H groups in total. The summed E-state index contributed by atoms with van der Waals surface area (Å²) in [6.07, 6.45) is 4.38. The lowest BCUT2D eigenvalue weighted by atomic mass is 10.1. The third-order valence-corrected chi connectivity index (χ3v) is 2.68. The maximum Gasteiger partial charge on any atom is 0.222 e. The Morgan fingerprint density at radius 2 is 2.11 bits per heavy atom. The Labute approximate surface area is 107 Å². The van der Waals surface area contributed by atoms with E-state index in [1.54, 1.807) is 12.4 Å². The van der Waals surface area contributed by atoms with Crippen molar-refractivity contribution in [3.63, 3.8) is 0 Å². The molecule has 94 valence electrons. The number of ether oxygens (including phenoxy) is 1. The Bertz CT molecular complexity index is 540. The van der Waals surface area contributed by atoms with Crippen molar-refractivity contribution in [1.29, 1.82) is 0 Å². The van der Waals surface area contributed by atoms with Crippen molar-refractivity contribution in [1.82, 2.24) is 9.97 Å². The summed E-state index contributed by atoms with van der Waals surface area (Å²) in [5.41, 5.74) is 8.51. The minimum Gasteiger partial charge on any atom is -0.437 e. The molecular formula is C14H17N3O. The molecule has 0 amide bonds. The summed E-state index contributed by atoms with van der Waals surface area (Å²) in [5.74, 6) is 1.35. The van der Waals surface area contributed by atoms with E-state index in [9.17, 15) is 0 Å². The molecule has 0 fully saturated rings. The van der Waals surface area contributed by atoms with Gasteiger partial charge in [-0.25, -0.2) is 4.98 Å². The zero-order valence-electron chi connectivity index (χ0n) is 10.7. The van der Waals surface area contributed by atoms with Gasteiger partial charge in [0, 0.05) is 18.0 Å². The van der Waals surface area contributed by atoms with Gasteiger partial charge in [-0.1, -0.05) is 0 Å². The monoisotopic (exact) mass is 243 g/mol. The third-order valence-electron chi connectivity index (χ3n) is 2.68. The Kier molecular flexibility index (Phi) is 3.89.